The fraction of sp³-hybridized carbons (Fsp3) is 0.375. The highest BCUT2D eigenvalue weighted by molar-refractivity contribution is 7.11. The minimum Gasteiger partial charge on any atom is -0.343 e. The van der Waals surface area contributed by atoms with E-state index >= 15 is 0 Å². The van der Waals surface area contributed by atoms with Crippen LogP contribution in [0.4, 0.5) is 0 Å². The van der Waals surface area contributed by atoms with E-state index in [0.717, 1.165) is 27.0 Å². The number of nitrogens with one attached hydrogen (secondary N) is 1. The number of amides is 1. The third-order valence-electron chi connectivity index (χ3n) is 3.66. The molecule has 0 saturated heterocycles. The van der Waals surface area contributed by atoms with Crippen LogP contribution in [0.3, 0.4) is 0 Å². The monoisotopic (exact) mass is 329 g/mol. The predicted molar refractivity (Wildman–Crippen MR) is 89.9 cm³/mol. The number of carbonyl (C=O) groups is 1. The zero-order valence-electron chi connectivity index (χ0n) is 13.8. The molecule has 0 radical (unpaired) electrons. The second-order valence-corrected chi connectivity index (χ2v) is 7.12. The average Bonchev–Trinajstić information content (AvgIpc) is 3.00. The molecule has 1 N–H and O–H groups in total. The predicted octanol–water partition coefficient (Wildman–Crippen LogP) is 2.91. The van der Waals surface area contributed by atoms with E-state index in [0.29, 0.717) is 11.3 Å². The molecule has 1 amide bonds. The van der Waals surface area contributed by atoms with Crippen molar-refractivity contribution in [1.82, 2.24) is 24.9 Å². The molecule has 1 unspecified atom stereocenters. The van der Waals surface area contributed by atoms with Gasteiger partial charge < -0.3 is 5.32 Å². The molecule has 23 heavy (non-hydrogen) atoms. The number of aromatic nitrogens is 4. The fourth-order valence-electron chi connectivity index (χ4n) is 2.64. The lowest BCUT2D eigenvalue weighted by Gasteiger charge is -2.13. The second kappa shape index (κ2) is 5.73. The third kappa shape index (κ3) is 2.96. The van der Waals surface area contributed by atoms with Crippen molar-refractivity contribution in [2.75, 3.05) is 0 Å². The van der Waals surface area contributed by atoms with Gasteiger partial charge in [0.25, 0.3) is 5.91 Å². The fourth-order valence-corrected chi connectivity index (χ4v) is 3.56. The Hall–Kier alpha value is -2.28. The maximum Gasteiger partial charge on any atom is 0.270 e. The van der Waals surface area contributed by atoms with E-state index in [2.05, 4.69) is 20.4 Å². The molecule has 0 saturated carbocycles. The lowest BCUT2D eigenvalue weighted by atomic mass is 10.2. The van der Waals surface area contributed by atoms with E-state index in [1.165, 1.54) is 0 Å². The zero-order chi connectivity index (χ0) is 16.7. The van der Waals surface area contributed by atoms with Crippen LogP contribution in [0.1, 0.15) is 50.4 Å². The molecule has 3 aromatic heterocycles. The molecular formula is C16H19N5OS. The van der Waals surface area contributed by atoms with Crippen molar-refractivity contribution in [2.24, 2.45) is 0 Å². The first-order valence-corrected chi connectivity index (χ1v) is 8.25. The molecular weight excluding hydrogens is 310 g/mol. The number of hydrogen-bond acceptors (Lipinski definition) is 5. The van der Waals surface area contributed by atoms with E-state index in [1.807, 2.05) is 40.7 Å². The highest BCUT2D eigenvalue weighted by Crippen LogP contribution is 2.22. The molecule has 0 bridgehead atoms. The molecule has 6 nitrogen and oxygen atoms in total. The van der Waals surface area contributed by atoms with Gasteiger partial charge in [-0.1, -0.05) is 0 Å². The maximum absolute atomic E-state index is 12.5. The van der Waals surface area contributed by atoms with Crippen LogP contribution in [0.15, 0.2) is 12.1 Å². The second-order valence-electron chi connectivity index (χ2n) is 5.71. The Morgan fingerprint density at radius 2 is 1.96 bits per heavy atom. The highest BCUT2D eigenvalue weighted by Gasteiger charge is 2.18. The Morgan fingerprint density at radius 1 is 1.22 bits per heavy atom. The summed E-state index contributed by atoms with van der Waals surface area (Å²) in [6, 6.07) is 3.46. The first-order valence-electron chi connectivity index (χ1n) is 7.44. The summed E-state index contributed by atoms with van der Waals surface area (Å²) in [5.74, 6) is -0.202. The van der Waals surface area contributed by atoms with Gasteiger partial charge in [0.15, 0.2) is 5.65 Å². The number of fused-ring (bicyclic) bond motifs is 1. The van der Waals surface area contributed by atoms with E-state index in [9.17, 15) is 4.79 Å². The summed E-state index contributed by atoms with van der Waals surface area (Å²) in [5, 5.41) is 8.33. The van der Waals surface area contributed by atoms with Crippen LogP contribution in [0, 0.1) is 27.7 Å². The van der Waals surface area contributed by atoms with Gasteiger partial charge >= 0.3 is 0 Å². The van der Waals surface area contributed by atoms with Crippen LogP contribution >= 0.6 is 11.3 Å². The topological polar surface area (TPSA) is 72.2 Å². The first kappa shape index (κ1) is 15.6. The first-order chi connectivity index (χ1) is 10.8. The number of rotatable bonds is 3. The lowest BCUT2D eigenvalue weighted by Crippen LogP contribution is -2.28. The molecule has 3 aromatic rings. The van der Waals surface area contributed by atoms with Crippen molar-refractivity contribution >= 4 is 22.9 Å². The number of hydrogen-bond donors (Lipinski definition) is 1. The highest BCUT2D eigenvalue weighted by atomic mass is 32.1. The molecule has 0 aliphatic carbocycles. The van der Waals surface area contributed by atoms with Gasteiger partial charge in [-0.15, -0.1) is 11.3 Å². The van der Waals surface area contributed by atoms with Gasteiger partial charge in [0.1, 0.15) is 5.69 Å². The molecule has 0 aliphatic heterocycles. The van der Waals surface area contributed by atoms with Gasteiger partial charge in [0, 0.05) is 16.6 Å². The molecule has 0 spiro atoms. The van der Waals surface area contributed by atoms with Crippen molar-refractivity contribution in [1.29, 1.82) is 0 Å². The lowest BCUT2D eigenvalue weighted by molar-refractivity contribution is 0.0934. The van der Waals surface area contributed by atoms with Crippen molar-refractivity contribution in [3.63, 3.8) is 0 Å². The number of nitrogens with zero attached hydrogens (tertiary/aromatic N) is 4. The van der Waals surface area contributed by atoms with Crippen molar-refractivity contribution in [3.8, 4) is 0 Å². The Kier molecular flexibility index (Phi) is 3.89. The van der Waals surface area contributed by atoms with E-state index < -0.39 is 0 Å². The molecule has 120 valence electrons. The summed E-state index contributed by atoms with van der Waals surface area (Å²) in [6.07, 6.45) is 0. The Morgan fingerprint density at radius 3 is 2.61 bits per heavy atom. The molecule has 7 heteroatoms. The molecule has 0 aliphatic rings. The molecule has 0 fully saturated rings. The SMILES string of the molecule is Cc1cc2nc(C(=O)NC(C)c3nc(C)sc3C)cc(C)n2n1. The number of thiazole rings is 1. The van der Waals surface area contributed by atoms with Crippen LogP contribution in [0.5, 0.6) is 0 Å². The summed E-state index contributed by atoms with van der Waals surface area (Å²) >= 11 is 1.64. The van der Waals surface area contributed by atoms with Gasteiger partial charge in [-0.3, -0.25) is 4.79 Å². The van der Waals surface area contributed by atoms with Crippen molar-refractivity contribution in [3.05, 3.63) is 44.8 Å². The summed E-state index contributed by atoms with van der Waals surface area (Å²) < 4.78 is 1.74. The van der Waals surface area contributed by atoms with Crippen LogP contribution in [-0.4, -0.2) is 25.5 Å². The van der Waals surface area contributed by atoms with Crippen molar-refractivity contribution < 1.29 is 4.79 Å². The average molecular weight is 329 g/mol. The Labute approximate surface area is 138 Å². The normalized spacial score (nSPS) is 12.6. The van der Waals surface area contributed by atoms with Crippen LogP contribution in [0.25, 0.3) is 5.65 Å². The molecule has 1 atom stereocenters. The standard InChI is InChI=1S/C16H19N5OS/c1-8-6-14-19-13(7-9(2)21(14)20-8)16(22)17-10(3)15-11(4)23-12(5)18-15/h6-7,10H,1-5H3,(H,17,22). The maximum atomic E-state index is 12.5. The van der Waals surface area contributed by atoms with Gasteiger partial charge in [0.05, 0.1) is 22.4 Å². The summed E-state index contributed by atoms with van der Waals surface area (Å²) in [6.45, 7) is 9.75. The van der Waals surface area contributed by atoms with Crippen molar-refractivity contribution in [2.45, 2.75) is 40.7 Å². The molecule has 0 aromatic carbocycles. The number of carbonyl (C=O) groups excluding carboxylic acids is 1. The summed E-state index contributed by atoms with van der Waals surface area (Å²) in [5.41, 5.74) is 3.74. The van der Waals surface area contributed by atoms with E-state index in [1.54, 1.807) is 21.9 Å². The third-order valence-corrected chi connectivity index (χ3v) is 4.56. The Bertz CT molecular complexity index is 895. The molecule has 3 heterocycles. The summed E-state index contributed by atoms with van der Waals surface area (Å²) in [4.78, 5) is 22.5. The minimum atomic E-state index is -0.202. The van der Waals surface area contributed by atoms with Gasteiger partial charge in [-0.05, 0) is 40.7 Å². The van der Waals surface area contributed by atoms with E-state index in [4.69, 9.17) is 0 Å². The molecule has 3 rings (SSSR count). The van der Waals surface area contributed by atoms with Gasteiger partial charge in [-0.25, -0.2) is 14.5 Å². The van der Waals surface area contributed by atoms with Crippen LogP contribution in [-0.2, 0) is 0 Å². The van der Waals surface area contributed by atoms with Crippen LogP contribution < -0.4 is 5.32 Å². The smallest absolute Gasteiger partial charge is 0.270 e. The number of aryl methyl sites for hydroxylation is 4. The van der Waals surface area contributed by atoms with E-state index in [-0.39, 0.29) is 11.9 Å². The minimum absolute atomic E-state index is 0.155. The Balaban J connectivity index is 1.87. The van der Waals surface area contributed by atoms with Gasteiger partial charge in [-0.2, -0.15) is 5.10 Å². The van der Waals surface area contributed by atoms with Crippen LogP contribution in [0.2, 0.25) is 0 Å². The van der Waals surface area contributed by atoms with Gasteiger partial charge in [0.2, 0.25) is 0 Å². The largest absolute Gasteiger partial charge is 0.343 e. The quantitative estimate of drug-likeness (QED) is 0.802. The summed E-state index contributed by atoms with van der Waals surface area (Å²) in [7, 11) is 0. The zero-order valence-corrected chi connectivity index (χ0v) is 14.7.